The molecule has 0 fully saturated rings. The Labute approximate surface area is 103 Å². The van der Waals surface area contributed by atoms with Gasteiger partial charge in [-0.25, -0.2) is 0 Å². The van der Waals surface area contributed by atoms with Crippen molar-refractivity contribution < 1.29 is 4.42 Å². The summed E-state index contributed by atoms with van der Waals surface area (Å²) in [5.41, 5.74) is 9.46. The van der Waals surface area contributed by atoms with E-state index in [2.05, 4.69) is 45.9 Å². The molecule has 0 aliphatic rings. The van der Waals surface area contributed by atoms with Crippen molar-refractivity contribution in [1.82, 2.24) is 0 Å². The quantitative estimate of drug-likeness (QED) is 0.804. The summed E-state index contributed by atoms with van der Waals surface area (Å²) in [7, 11) is 0. The topological polar surface area (TPSA) is 39.2 Å². The van der Waals surface area contributed by atoms with Crippen molar-refractivity contribution in [2.24, 2.45) is 5.73 Å². The Morgan fingerprint density at radius 1 is 1.18 bits per heavy atom. The van der Waals surface area contributed by atoms with Crippen molar-refractivity contribution in [3.63, 3.8) is 0 Å². The lowest BCUT2D eigenvalue weighted by Crippen LogP contribution is -2.11. The largest absolute Gasteiger partial charge is 0.459 e. The van der Waals surface area contributed by atoms with Crippen LogP contribution in [0.5, 0.6) is 0 Å². The number of furan rings is 1. The van der Waals surface area contributed by atoms with Crippen molar-refractivity contribution >= 4 is 11.0 Å². The number of benzene rings is 1. The highest BCUT2D eigenvalue weighted by Gasteiger charge is 2.21. The molecule has 1 aromatic carbocycles. The van der Waals surface area contributed by atoms with Crippen molar-refractivity contribution in [3.05, 3.63) is 35.1 Å². The second kappa shape index (κ2) is 3.88. The minimum atomic E-state index is -0.0597. The van der Waals surface area contributed by atoms with E-state index in [1.807, 2.05) is 6.92 Å². The average Bonchev–Trinajstić information content (AvgIpc) is 2.58. The fourth-order valence-electron chi connectivity index (χ4n) is 2.10. The molecule has 0 saturated carbocycles. The van der Waals surface area contributed by atoms with Gasteiger partial charge in [0.15, 0.2) is 0 Å². The van der Waals surface area contributed by atoms with E-state index in [4.69, 9.17) is 10.2 Å². The highest BCUT2D eigenvalue weighted by atomic mass is 16.3. The number of rotatable bonds is 1. The van der Waals surface area contributed by atoms with Crippen LogP contribution in [0, 0.1) is 6.92 Å². The van der Waals surface area contributed by atoms with E-state index in [1.165, 1.54) is 11.1 Å². The van der Waals surface area contributed by atoms with E-state index in [1.54, 1.807) is 0 Å². The first-order chi connectivity index (χ1) is 7.79. The number of aryl methyl sites for hydroxylation is 1. The number of fused-ring (bicyclic) bond motifs is 1. The van der Waals surface area contributed by atoms with Gasteiger partial charge in [0.1, 0.15) is 11.3 Å². The third-order valence-electron chi connectivity index (χ3n) is 3.04. The molecule has 0 amide bonds. The van der Waals surface area contributed by atoms with Crippen molar-refractivity contribution in [3.8, 4) is 0 Å². The van der Waals surface area contributed by atoms with E-state index in [9.17, 15) is 0 Å². The molecule has 2 aromatic rings. The Morgan fingerprint density at radius 3 is 2.35 bits per heavy atom. The summed E-state index contributed by atoms with van der Waals surface area (Å²) >= 11 is 0. The van der Waals surface area contributed by atoms with Gasteiger partial charge in [0.25, 0.3) is 0 Å². The van der Waals surface area contributed by atoms with Crippen LogP contribution in [-0.4, -0.2) is 0 Å². The Balaban J connectivity index is 2.75. The molecule has 0 spiro atoms. The van der Waals surface area contributed by atoms with E-state index in [0.717, 1.165) is 16.7 Å². The molecule has 2 rings (SSSR count). The first-order valence-corrected chi connectivity index (χ1v) is 6.09. The average molecular weight is 231 g/mol. The molecule has 1 heterocycles. The zero-order chi connectivity index (χ0) is 12.8. The van der Waals surface area contributed by atoms with E-state index < -0.39 is 0 Å². The number of hydrogen-bond acceptors (Lipinski definition) is 2. The molecule has 1 aromatic heterocycles. The molecule has 0 aliphatic heterocycles. The molecule has 0 saturated heterocycles. The summed E-state index contributed by atoms with van der Waals surface area (Å²) in [5.74, 6) is 0.858. The zero-order valence-electron chi connectivity index (χ0n) is 11.3. The maximum atomic E-state index is 5.92. The maximum Gasteiger partial charge on any atom is 0.138 e. The minimum Gasteiger partial charge on any atom is -0.459 e. The second-order valence-corrected chi connectivity index (χ2v) is 5.92. The van der Waals surface area contributed by atoms with Crippen molar-refractivity contribution in [2.45, 2.75) is 46.1 Å². The Morgan fingerprint density at radius 2 is 1.82 bits per heavy atom. The van der Waals surface area contributed by atoms with Gasteiger partial charge >= 0.3 is 0 Å². The molecule has 0 aliphatic carbocycles. The van der Waals surface area contributed by atoms with Gasteiger partial charge in [-0.05, 0) is 37.0 Å². The summed E-state index contributed by atoms with van der Waals surface area (Å²) in [4.78, 5) is 0. The van der Waals surface area contributed by atoms with Gasteiger partial charge in [-0.15, -0.1) is 0 Å². The Bertz CT molecular complexity index is 544. The first kappa shape index (κ1) is 12.2. The van der Waals surface area contributed by atoms with Crippen LogP contribution in [0.25, 0.3) is 11.0 Å². The van der Waals surface area contributed by atoms with Crippen LogP contribution in [0.2, 0.25) is 0 Å². The maximum absolute atomic E-state index is 5.92. The van der Waals surface area contributed by atoms with Crippen LogP contribution in [0.15, 0.2) is 22.6 Å². The molecular weight excluding hydrogens is 210 g/mol. The van der Waals surface area contributed by atoms with Crippen molar-refractivity contribution in [1.29, 1.82) is 0 Å². The molecule has 1 unspecified atom stereocenters. The van der Waals surface area contributed by atoms with Crippen molar-refractivity contribution in [2.75, 3.05) is 0 Å². The summed E-state index contributed by atoms with van der Waals surface area (Å²) in [6.07, 6.45) is 0. The lowest BCUT2D eigenvalue weighted by molar-refractivity contribution is 0.498. The molecule has 17 heavy (non-hydrogen) atoms. The summed E-state index contributed by atoms with van der Waals surface area (Å²) in [5, 5.41) is 1.15. The third-order valence-corrected chi connectivity index (χ3v) is 3.04. The monoisotopic (exact) mass is 231 g/mol. The van der Waals surface area contributed by atoms with E-state index >= 15 is 0 Å². The fourth-order valence-corrected chi connectivity index (χ4v) is 2.10. The molecule has 0 radical (unpaired) electrons. The summed E-state index contributed by atoms with van der Waals surface area (Å²) in [6, 6.07) is 6.36. The highest BCUT2D eigenvalue weighted by molar-refractivity contribution is 5.83. The second-order valence-electron chi connectivity index (χ2n) is 5.92. The fraction of sp³-hybridized carbons (Fsp3) is 0.467. The van der Waals surface area contributed by atoms with E-state index in [0.29, 0.717) is 0 Å². The zero-order valence-corrected chi connectivity index (χ0v) is 11.3. The minimum absolute atomic E-state index is 0.0597. The molecule has 0 bridgehead atoms. The number of hydrogen-bond donors (Lipinski definition) is 1. The molecule has 1 atom stereocenters. The lowest BCUT2D eigenvalue weighted by atomic mass is 9.85. The van der Waals surface area contributed by atoms with Crippen LogP contribution in [0.3, 0.4) is 0 Å². The van der Waals surface area contributed by atoms with Crippen LogP contribution in [0.1, 0.15) is 50.6 Å². The van der Waals surface area contributed by atoms with Gasteiger partial charge in [-0.1, -0.05) is 26.8 Å². The van der Waals surface area contributed by atoms with Crippen LogP contribution < -0.4 is 5.73 Å². The SMILES string of the molecule is Cc1cc(C(C)(C)C)c2oc(C(C)N)cc2c1. The smallest absolute Gasteiger partial charge is 0.138 e. The van der Waals surface area contributed by atoms with Gasteiger partial charge in [0, 0.05) is 10.9 Å². The van der Waals surface area contributed by atoms with Crippen LogP contribution >= 0.6 is 0 Å². The highest BCUT2D eigenvalue weighted by Crippen LogP contribution is 2.34. The molecule has 2 N–H and O–H groups in total. The van der Waals surface area contributed by atoms with Gasteiger partial charge in [0.05, 0.1) is 6.04 Å². The van der Waals surface area contributed by atoms with Gasteiger partial charge < -0.3 is 10.2 Å². The number of nitrogens with two attached hydrogens (primary N) is 1. The molecule has 2 nitrogen and oxygen atoms in total. The summed E-state index contributed by atoms with van der Waals surface area (Å²) < 4.78 is 5.92. The third kappa shape index (κ3) is 2.22. The molecule has 2 heteroatoms. The van der Waals surface area contributed by atoms with Gasteiger partial charge in [-0.2, -0.15) is 0 Å². The van der Waals surface area contributed by atoms with Crippen LogP contribution in [-0.2, 0) is 5.41 Å². The predicted molar refractivity (Wildman–Crippen MR) is 72.3 cm³/mol. The lowest BCUT2D eigenvalue weighted by Gasteiger charge is -2.19. The summed E-state index contributed by atoms with van der Waals surface area (Å²) in [6.45, 7) is 10.7. The van der Waals surface area contributed by atoms with Gasteiger partial charge in [-0.3, -0.25) is 0 Å². The Kier molecular flexibility index (Phi) is 2.78. The first-order valence-electron chi connectivity index (χ1n) is 6.09. The van der Waals surface area contributed by atoms with Gasteiger partial charge in [0.2, 0.25) is 0 Å². The normalized spacial score (nSPS) is 14.2. The predicted octanol–water partition coefficient (Wildman–Crippen LogP) is 4.06. The molecular formula is C15H21NO. The van der Waals surface area contributed by atoms with Crippen LogP contribution in [0.4, 0.5) is 0 Å². The standard InChI is InChI=1S/C15H21NO/c1-9-6-11-8-13(10(2)16)17-14(11)12(7-9)15(3,4)5/h6-8,10H,16H2,1-5H3. The molecule has 92 valence electrons. The van der Waals surface area contributed by atoms with E-state index in [-0.39, 0.29) is 11.5 Å². The Hall–Kier alpha value is -1.28.